The van der Waals surface area contributed by atoms with E-state index in [9.17, 15) is 9.59 Å². The van der Waals surface area contributed by atoms with E-state index in [1.54, 1.807) is 12.1 Å². The van der Waals surface area contributed by atoms with E-state index in [0.717, 1.165) is 25.4 Å². The highest BCUT2D eigenvalue weighted by atomic mass is 32.1. The van der Waals surface area contributed by atoms with E-state index in [2.05, 4.69) is 5.32 Å². The first-order valence-electron chi connectivity index (χ1n) is 9.45. The molecule has 4 rings (SSSR count). The van der Waals surface area contributed by atoms with Gasteiger partial charge in [0.2, 0.25) is 0 Å². The fourth-order valence-electron chi connectivity index (χ4n) is 4.30. The van der Waals surface area contributed by atoms with Gasteiger partial charge in [-0.05, 0) is 54.3 Å². The van der Waals surface area contributed by atoms with Crippen LogP contribution in [-0.4, -0.2) is 29.8 Å². The molecule has 1 aliphatic heterocycles. The predicted molar refractivity (Wildman–Crippen MR) is 105 cm³/mol. The third kappa shape index (κ3) is 3.68. The van der Waals surface area contributed by atoms with Crippen LogP contribution in [0.25, 0.3) is 0 Å². The Labute approximate surface area is 158 Å². The molecular weight excluding hydrogens is 344 g/mol. The summed E-state index contributed by atoms with van der Waals surface area (Å²) in [6, 6.07) is 11.0. The molecule has 2 atom stereocenters. The molecule has 26 heavy (non-hydrogen) atoms. The Morgan fingerprint density at radius 3 is 2.69 bits per heavy atom. The molecular formula is C21H24N2O2S. The zero-order valence-electron chi connectivity index (χ0n) is 14.8. The summed E-state index contributed by atoms with van der Waals surface area (Å²) in [5, 5.41) is 4.77. The third-order valence-electron chi connectivity index (χ3n) is 5.69. The van der Waals surface area contributed by atoms with Gasteiger partial charge in [-0.3, -0.25) is 9.59 Å². The highest BCUT2D eigenvalue weighted by Crippen LogP contribution is 2.36. The molecule has 2 amide bonds. The van der Waals surface area contributed by atoms with Gasteiger partial charge in [-0.25, -0.2) is 0 Å². The molecule has 1 aliphatic carbocycles. The van der Waals surface area contributed by atoms with Crippen molar-refractivity contribution in [1.82, 2.24) is 4.90 Å². The summed E-state index contributed by atoms with van der Waals surface area (Å²) in [5.74, 6) is 1.43. The van der Waals surface area contributed by atoms with Gasteiger partial charge in [-0.15, -0.1) is 11.3 Å². The number of piperidine rings is 1. The lowest BCUT2D eigenvalue weighted by Gasteiger charge is -2.41. The maximum Gasteiger partial charge on any atom is 0.265 e. The first-order valence-corrected chi connectivity index (χ1v) is 10.3. The number of nitrogens with one attached hydrogen (secondary N) is 1. The predicted octanol–water partition coefficient (Wildman–Crippen LogP) is 4.65. The topological polar surface area (TPSA) is 49.4 Å². The lowest BCUT2D eigenvalue weighted by molar-refractivity contribution is 0.0521. The summed E-state index contributed by atoms with van der Waals surface area (Å²) in [5.41, 5.74) is 1.32. The third-order valence-corrected chi connectivity index (χ3v) is 6.56. The summed E-state index contributed by atoms with van der Waals surface area (Å²) < 4.78 is 0. The summed E-state index contributed by atoms with van der Waals surface area (Å²) >= 11 is 1.41. The van der Waals surface area contributed by atoms with Gasteiger partial charge in [0.1, 0.15) is 0 Å². The molecule has 2 heterocycles. The van der Waals surface area contributed by atoms with Gasteiger partial charge in [0.05, 0.1) is 4.88 Å². The highest BCUT2D eigenvalue weighted by molar-refractivity contribution is 7.12. The molecule has 0 bridgehead atoms. The Bertz CT molecular complexity index is 787. The second-order valence-electron chi connectivity index (χ2n) is 7.36. The number of anilines is 1. The molecule has 0 spiro atoms. The Balaban J connectivity index is 1.44. The molecule has 1 saturated heterocycles. The molecule has 1 saturated carbocycles. The van der Waals surface area contributed by atoms with E-state index < -0.39 is 0 Å². The average molecular weight is 369 g/mol. The summed E-state index contributed by atoms with van der Waals surface area (Å²) in [7, 11) is 0. The average Bonchev–Trinajstić information content (AvgIpc) is 3.22. The van der Waals surface area contributed by atoms with Crippen LogP contribution in [0.4, 0.5) is 5.69 Å². The molecule has 2 fully saturated rings. The van der Waals surface area contributed by atoms with Crippen molar-refractivity contribution in [2.75, 3.05) is 18.4 Å². The lowest BCUT2D eigenvalue weighted by Crippen LogP contribution is -2.44. The number of fused-ring (bicyclic) bond motifs is 1. The number of hydrogen-bond acceptors (Lipinski definition) is 3. The van der Waals surface area contributed by atoms with E-state index in [-0.39, 0.29) is 11.8 Å². The molecule has 136 valence electrons. The molecule has 0 radical (unpaired) electrons. The number of rotatable bonds is 3. The molecule has 0 unspecified atom stereocenters. The van der Waals surface area contributed by atoms with Crippen LogP contribution in [0.1, 0.15) is 52.1 Å². The minimum Gasteiger partial charge on any atom is -0.338 e. The Kier molecular flexibility index (Phi) is 5.07. The summed E-state index contributed by atoms with van der Waals surface area (Å²) in [6.45, 7) is 1.74. The first kappa shape index (κ1) is 17.3. The van der Waals surface area contributed by atoms with Crippen molar-refractivity contribution in [3.05, 3.63) is 52.2 Å². The molecule has 1 aromatic carbocycles. The van der Waals surface area contributed by atoms with E-state index in [0.29, 0.717) is 22.0 Å². The molecule has 1 N–H and O–H groups in total. The van der Waals surface area contributed by atoms with Crippen LogP contribution < -0.4 is 5.32 Å². The maximum absolute atomic E-state index is 13.0. The number of likely N-dealkylation sites (tertiary alicyclic amines) is 1. The molecule has 5 heteroatoms. The van der Waals surface area contributed by atoms with Gasteiger partial charge in [0.15, 0.2) is 0 Å². The normalized spacial score (nSPS) is 22.5. The van der Waals surface area contributed by atoms with Gasteiger partial charge in [-0.2, -0.15) is 0 Å². The maximum atomic E-state index is 13.0. The highest BCUT2D eigenvalue weighted by Gasteiger charge is 2.33. The van der Waals surface area contributed by atoms with Gasteiger partial charge in [0.25, 0.3) is 11.8 Å². The van der Waals surface area contributed by atoms with Crippen molar-refractivity contribution in [3.8, 4) is 0 Å². The Hall–Kier alpha value is -2.14. The fourth-order valence-corrected chi connectivity index (χ4v) is 4.92. The number of nitrogens with zero attached hydrogens (tertiary/aromatic N) is 1. The molecule has 4 nitrogen and oxygen atoms in total. The Morgan fingerprint density at radius 1 is 1.04 bits per heavy atom. The van der Waals surface area contributed by atoms with Crippen molar-refractivity contribution >= 4 is 28.8 Å². The first-order chi connectivity index (χ1) is 12.7. The molecule has 2 aromatic rings. The largest absolute Gasteiger partial charge is 0.338 e. The van der Waals surface area contributed by atoms with Gasteiger partial charge in [0, 0.05) is 24.3 Å². The quantitative estimate of drug-likeness (QED) is 0.857. The zero-order valence-corrected chi connectivity index (χ0v) is 15.6. The number of benzene rings is 1. The van der Waals surface area contributed by atoms with Gasteiger partial charge < -0.3 is 10.2 Å². The molecule has 2 aliphatic rings. The minimum atomic E-state index is -0.132. The number of thiophene rings is 1. The zero-order chi connectivity index (χ0) is 17.9. The van der Waals surface area contributed by atoms with Crippen LogP contribution in [0.5, 0.6) is 0 Å². The van der Waals surface area contributed by atoms with Crippen LogP contribution in [-0.2, 0) is 0 Å². The van der Waals surface area contributed by atoms with Crippen molar-refractivity contribution in [3.63, 3.8) is 0 Å². The second-order valence-corrected chi connectivity index (χ2v) is 8.30. The number of carbonyl (C=O) groups is 2. The van der Waals surface area contributed by atoms with E-state index in [4.69, 9.17) is 0 Å². The summed E-state index contributed by atoms with van der Waals surface area (Å²) in [6.07, 6.45) is 6.36. The Morgan fingerprint density at radius 2 is 1.88 bits per heavy atom. The standard InChI is InChI=1S/C21H24N2O2S/c24-20(19-9-4-12-26-19)22-18-8-3-7-16(13-18)21(25)23-11-10-15-5-1-2-6-17(15)14-23/h3-4,7-9,12-13,15,17H,1-2,5-6,10-11,14H2,(H,22,24)/t15-,17+/m1/s1. The van der Waals surface area contributed by atoms with Gasteiger partial charge in [-0.1, -0.05) is 31.4 Å². The van der Waals surface area contributed by atoms with Crippen LogP contribution in [0.2, 0.25) is 0 Å². The second kappa shape index (κ2) is 7.62. The monoisotopic (exact) mass is 368 g/mol. The number of amides is 2. The summed E-state index contributed by atoms with van der Waals surface area (Å²) in [4.78, 5) is 27.8. The van der Waals surface area contributed by atoms with Crippen LogP contribution in [0.3, 0.4) is 0 Å². The van der Waals surface area contributed by atoms with Crippen LogP contribution >= 0.6 is 11.3 Å². The van der Waals surface area contributed by atoms with Crippen molar-refractivity contribution < 1.29 is 9.59 Å². The van der Waals surface area contributed by atoms with Crippen LogP contribution in [0.15, 0.2) is 41.8 Å². The SMILES string of the molecule is O=C(Nc1cccc(C(=O)N2CC[C@H]3CCCC[C@H]3C2)c1)c1cccs1. The van der Waals surface area contributed by atoms with Crippen LogP contribution in [0, 0.1) is 11.8 Å². The van der Waals surface area contributed by atoms with Gasteiger partial charge >= 0.3 is 0 Å². The van der Waals surface area contributed by atoms with Crippen molar-refractivity contribution in [2.24, 2.45) is 11.8 Å². The van der Waals surface area contributed by atoms with E-state index in [1.807, 2.05) is 34.5 Å². The van der Waals surface area contributed by atoms with Crippen molar-refractivity contribution in [1.29, 1.82) is 0 Å². The number of carbonyl (C=O) groups excluding carboxylic acids is 2. The van der Waals surface area contributed by atoms with E-state index in [1.165, 1.54) is 37.0 Å². The molecule has 1 aromatic heterocycles. The number of hydrogen-bond donors (Lipinski definition) is 1. The van der Waals surface area contributed by atoms with E-state index >= 15 is 0 Å². The lowest BCUT2D eigenvalue weighted by atomic mass is 9.75. The minimum absolute atomic E-state index is 0.0845. The smallest absolute Gasteiger partial charge is 0.265 e. The van der Waals surface area contributed by atoms with Crippen molar-refractivity contribution in [2.45, 2.75) is 32.1 Å². The fraction of sp³-hybridized carbons (Fsp3) is 0.429.